The molecule has 0 aromatic heterocycles. The summed E-state index contributed by atoms with van der Waals surface area (Å²) >= 11 is 0. The summed E-state index contributed by atoms with van der Waals surface area (Å²) < 4.78 is 33.1. The highest BCUT2D eigenvalue weighted by molar-refractivity contribution is 7.89. The third kappa shape index (κ3) is 7.03. The fraction of sp³-hybridized carbons (Fsp3) is 0.242. The van der Waals surface area contributed by atoms with E-state index in [1.807, 2.05) is 47.4 Å². The second kappa shape index (κ2) is 13.1. The molecule has 1 heterocycles. The Morgan fingerprint density at radius 3 is 1.80 bits per heavy atom. The van der Waals surface area contributed by atoms with Gasteiger partial charge in [-0.1, -0.05) is 91.0 Å². The number of benzene rings is 4. The molecule has 8 heteroatoms. The summed E-state index contributed by atoms with van der Waals surface area (Å²) in [5.74, 6) is 0.370. The van der Waals surface area contributed by atoms with Crippen molar-refractivity contribution in [3.63, 3.8) is 0 Å². The van der Waals surface area contributed by atoms with E-state index in [0.717, 1.165) is 18.7 Å². The summed E-state index contributed by atoms with van der Waals surface area (Å²) in [6.07, 6.45) is 0. The zero-order chi connectivity index (χ0) is 28.7. The van der Waals surface area contributed by atoms with E-state index >= 15 is 0 Å². The summed E-state index contributed by atoms with van der Waals surface area (Å²) in [6.45, 7) is 2.92. The first-order valence-corrected chi connectivity index (χ1v) is 15.2. The van der Waals surface area contributed by atoms with Crippen molar-refractivity contribution in [1.29, 1.82) is 0 Å². The van der Waals surface area contributed by atoms with Gasteiger partial charge in [-0.2, -0.15) is 4.31 Å². The molecule has 41 heavy (non-hydrogen) atoms. The molecule has 5 rings (SSSR count). The average Bonchev–Trinajstić information content (AvgIpc) is 3.02. The highest BCUT2D eigenvalue weighted by atomic mass is 32.2. The average molecular weight is 570 g/mol. The van der Waals surface area contributed by atoms with Gasteiger partial charge in [-0.05, 0) is 41.0 Å². The van der Waals surface area contributed by atoms with Gasteiger partial charge in [0.1, 0.15) is 5.75 Å². The van der Waals surface area contributed by atoms with E-state index in [1.165, 1.54) is 27.6 Å². The Labute approximate surface area is 242 Å². The van der Waals surface area contributed by atoms with Crippen LogP contribution in [-0.2, 0) is 21.4 Å². The van der Waals surface area contributed by atoms with Crippen molar-refractivity contribution in [2.24, 2.45) is 0 Å². The summed E-state index contributed by atoms with van der Waals surface area (Å²) in [7, 11) is -2.09. The van der Waals surface area contributed by atoms with Gasteiger partial charge in [-0.3, -0.25) is 9.69 Å². The van der Waals surface area contributed by atoms with Crippen molar-refractivity contribution in [1.82, 2.24) is 14.1 Å². The second-order valence-corrected chi connectivity index (χ2v) is 12.2. The molecule has 0 atom stereocenters. The molecule has 0 bridgehead atoms. The Morgan fingerprint density at radius 1 is 0.756 bits per heavy atom. The molecule has 4 aromatic rings. The Hall–Kier alpha value is -3.98. The van der Waals surface area contributed by atoms with Crippen LogP contribution in [0.1, 0.15) is 22.7 Å². The summed E-state index contributed by atoms with van der Waals surface area (Å²) in [4.78, 5) is 17.4. The fourth-order valence-corrected chi connectivity index (χ4v) is 6.32. The molecule has 0 radical (unpaired) electrons. The first-order valence-electron chi connectivity index (χ1n) is 13.8. The molecule has 1 saturated heterocycles. The molecule has 0 N–H and O–H groups in total. The maximum Gasteiger partial charge on any atom is 0.260 e. The normalized spacial score (nSPS) is 14.4. The molecular formula is C33H35N3O4S. The van der Waals surface area contributed by atoms with Crippen molar-refractivity contribution in [2.75, 3.05) is 39.8 Å². The largest absolute Gasteiger partial charge is 0.484 e. The number of sulfonamides is 1. The Balaban J connectivity index is 1.15. The van der Waals surface area contributed by atoms with Gasteiger partial charge in [0, 0.05) is 39.8 Å². The SMILES string of the molecule is CN(Cc1ccccc1)S(=O)(=O)c1ccc(OCC(=O)N2CCN(C(c3ccccc3)c3ccccc3)CC2)cc1. The molecule has 0 saturated carbocycles. The second-order valence-electron chi connectivity index (χ2n) is 10.1. The van der Waals surface area contributed by atoms with Crippen molar-refractivity contribution in [3.8, 4) is 5.75 Å². The first kappa shape index (κ1) is 28.5. The smallest absolute Gasteiger partial charge is 0.260 e. The fourth-order valence-electron chi connectivity index (χ4n) is 5.16. The van der Waals surface area contributed by atoms with Gasteiger partial charge in [0.25, 0.3) is 5.91 Å². The standard InChI is InChI=1S/C33H35N3O4S/c1-34(25-27-11-5-2-6-12-27)41(38,39)31-19-17-30(18-20-31)40-26-32(37)35-21-23-36(24-22-35)33(28-13-7-3-8-14-28)29-15-9-4-10-16-29/h2-20,33H,21-26H2,1H3. The number of nitrogens with zero attached hydrogens (tertiary/aromatic N) is 3. The van der Waals surface area contributed by atoms with Gasteiger partial charge in [0.2, 0.25) is 10.0 Å². The molecular weight excluding hydrogens is 534 g/mol. The van der Waals surface area contributed by atoms with Crippen LogP contribution in [0.25, 0.3) is 0 Å². The predicted molar refractivity (Wildman–Crippen MR) is 160 cm³/mol. The van der Waals surface area contributed by atoms with Crippen LogP contribution in [-0.4, -0.2) is 68.3 Å². The first-order chi connectivity index (χ1) is 19.9. The van der Waals surface area contributed by atoms with Crippen LogP contribution >= 0.6 is 0 Å². The molecule has 1 aliphatic rings. The van der Waals surface area contributed by atoms with E-state index in [9.17, 15) is 13.2 Å². The summed E-state index contributed by atoms with van der Waals surface area (Å²) in [5.41, 5.74) is 3.38. The third-order valence-corrected chi connectivity index (χ3v) is 9.22. The molecule has 212 valence electrons. The lowest BCUT2D eigenvalue weighted by molar-refractivity contribution is -0.135. The maximum absolute atomic E-state index is 13.0. The number of carbonyl (C=O) groups excluding carboxylic acids is 1. The van der Waals surface area contributed by atoms with Gasteiger partial charge in [-0.15, -0.1) is 0 Å². The quantitative estimate of drug-likeness (QED) is 0.274. The topological polar surface area (TPSA) is 70.2 Å². The van der Waals surface area contributed by atoms with E-state index in [2.05, 4.69) is 53.4 Å². The summed E-state index contributed by atoms with van der Waals surface area (Å²) in [5, 5.41) is 0. The molecule has 0 unspecified atom stereocenters. The maximum atomic E-state index is 13.0. The Kier molecular flexibility index (Phi) is 9.14. The monoisotopic (exact) mass is 569 g/mol. The van der Waals surface area contributed by atoms with Crippen molar-refractivity contribution >= 4 is 15.9 Å². The van der Waals surface area contributed by atoms with E-state index in [-0.39, 0.29) is 30.0 Å². The van der Waals surface area contributed by atoms with Crippen LogP contribution in [0.3, 0.4) is 0 Å². The summed E-state index contributed by atoms with van der Waals surface area (Å²) in [6, 6.07) is 36.7. The van der Waals surface area contributed by atoms with E-state index < -0.39 is 10.0 Å². The number of piperazine rings is 1. The predicted octanol–water partition coefficient (Wildman–Crippen LogP) is 4.82. The molecule has 0 spiro atoms. The molecule has 1 aliphatic heterocycles. The van der Waals surface area contributed by atoms with Gasteiger partial charge in [-0.25, -0.2) is 8.42 Å². The van der Waals surface area contributed by atoms with Gasteiger partial charge >= 0.3 is 0 Å². The lowest BCUT2D eigenvalue weighted by atomic mass is 9.96. The lowest BCUT2D eigenvalue weighted by Gasteiger charge is -2.39. The van der Waals surface area contributed by atoms with Gasteiger partial charge < -0.3 is 9.64 Å². The van der Waals surface area contributed by atoms with Crippen LogP contribution in [0.2, 0.25) is 0 Å². The van der Waals surface area contributed by atoms with Crippen molar-refractivity contribution in [3.05, 3.63) is 132 Å². The van der Waals surface area contributed by atoms with Crippen LogP contribution < -0.4 is 4.74 Å². The highest BCUT2D eigenvalue weighted by Crippen LogP contribution is 2.29. The van der Waals surface area contributed by atoms with Crippen molar-refractivity contribution < 1.29 is 17.9 Å². The van der Waals surface area contributed by atoms with Crippen molar-refractivity contribution in [2.45, 2.75) is 17.5 Å². The van der Waals surface area contributed by atoms with E-state index in [0.29, 0.717) is 18.8 Å². The molecule has 1 fully saturated rings. The third-order valence-electron chi connectivity index (χ3n) is 7.41. The number of carbonyl (C=O) groups is 1. The minimum atomic E-state index is -3.66. The minimum absolute atomic E-state index is 0.0834. The number of hydrogen-bond donors (Lipinski definition) is 0. The van der Waals surface area contributed by atoms with E-state index in [4.69, 9.17) is 4.74 Å². The Morgan fingerprint density at radius 2 is 1.27 bits per heavy atom. The van der Waals surface area contributed by atoms with Crippen LogP contribution in [0.15, 0.2) is 120 Å². The highest BCUT2D eigenvalue weighted by Gasteiger charge is 2.28. The minimum Gasteiger partial charge on any atom is -0.484 e. The Bertz CT molecular complexity index is 1470. The molecule has 1 amide bonds. The molecule has 4 aromatic carbocycles. The number of hydrogen-bond acceptors (Lipinski definition) is 5. The van der Waals surface area contributed by atoms with Crippen LogP contribution in [0.4, 0.5) is 0 Å². The van der Waals surface area contributed by atoms with Crippen LogP contribution in [0, 0.1) is 0 Å². The zero-order valence-corrected chi connectivity index (χ0v) is 24.0. The number of rotatable bonds is 10. The molecule has 7 nitrogen and oxygen atoms in total. The molecule has 0 aliphatic carbocycles. The van der Waals surface area contributed by atoms with Gasteiger partial charge in [0.05, 0.1) is 10.9 Å². The number of amides is 1. The lowest BCUT2D eigenvalue weighted by Crippen LogP contribution is -2.51. The van der Waals surface area contributed by atoms with Gasteiger partial charge in [0.15, 0.2) is 6.61 Å². The number of ether oxygens (including phenoxy) is 1. The van der Waals surface area contributed by atoms with Crippen LogP contribution in [0.5, 0.6) is 5.75 Å². The zero-order valence-electron chi connectivity index (χ0n) is 23.2. The van der Waals surface area contributed by atoms with E-state index in [1.54, 1.807) is 19.2 Å².